The zero-order valence-corrected chi connectivity index (χ0v) is 69.4. The molecule has 0 saturated carbocycles. The van der Waals surface area contributed by atoms with E-state index in [9.17, 15) is 10.0 Å². The molecule has 20 aromatic carbocycles. The maximum atomic E-state index is 9.57. The Kier molecular flexibility index (Phi) is 21.6. The van der Waals surface area contributed by atoms with E-state index in [0.29, 0.717) is 5.46 Å². The molecule has 2 heterocycles. The predicted octanol–water partition coefficient (Wildman–Crippen LogP) is 30.6. The van der Waals surface area contributed by atoms with E-state index in [1.165, 1.54) is 121 Å². The lowest BCUT2D eigenvalue weighted by atomic mass is 9.80. The van der Waals surface area contributed by atoms with E-state index in [4.69, 9.17) is 0 Å². The first-order valence-corrected chi connectivity index (χ1v) is 42.7. The number of para-hydroxylation sites is 2. The van der Waals surface area contributed by atoms with E-state index in [-0.39, 0.29) is 0 Å². The molecule has 0 spiro atoms. The lowest BCUT2D eigenvalue weighted by molar-refractivity contribution is 0.426. The van der Waals surface area contributed by atoms with Crippen molar-refractivity contribution < 1.29 is 10.0 Å². The molecule has 0 fully saturated rings. The fourth-order valence-corrected chi connectivity index (χ4v) is 17.7. The Balaban J connectivity index is 0.000000129. The summed E-state index contributed by atoms with van der Waals surface area (Å²) in [5, 5.41) is 28.8. The van der Waals surface area contributed by atoms with Crippen molar-refractivity contribution in [2.45, 2.75) is 0 Å². The Bertz CT molecular complexity index is 7490. The molecule has 6 nitrogen and oxygen atoms in total. The van der Waals surface area contributed by atoms with Crippen LogP contribution in [-0.4, -0.2) is 26.3 Å². The van der Waals surface area contributed by atoms with Crippen molar-refractivity contribution in [1.29, 1.82) is 0 Å². The fraction of sp³-hybridized carbons (Fsp3) is 0. The summed E-state index contributed by atoms with van der Waals surface area (Å²) in [6, 6.07) is 172. The summed E-state index contributed by atoms with van der Waals surface area (Å²) in [7, 11) is -1.48. The van der Waals surface area contributed by atoms with Gasteiger partial charge in [-0.1, -0.05) is 362 Å². The van der Waals surface area contributed by atoms with E-state index in [1.54, 1.807) is 6.07 Å². The lowest BCUT2D eigenvalue weighted by Crippen LogP contribution is -2.29. The molecular formula is C116H82BBrN4O2. The van der Waals surface area contributed by atoms with Gasteiger partial charge in [-0.2, -0.15) is 0 Å². The van der Waals surface area contributed by atoms with Crippen LogP contribution in [0.5, 0.6) is 0 Å². The SMILES string of the molecule is Brc1ccc(N(c2ccc(-c3ccccc3)cc2)c2ccc(-c3cccc4ccccc34)cc2)cc1.OB(O)c1ccc2c(c1)c1ccccc1n2-c1ccc(-c2ccccc2)cc1.c1ccc(-c2ccc(N(c3ccc(-c4ccc5c(c4)c4ccccc4n5-c4ccc(-c5ccccc5)cc4)cc3)c3ccc(-c4cccc5ccccc45)cc3)cc2)cc1. The van der Waals surface area contributed by atoms with Gasteiger partial charge in [-0.25, -0.2) is 0 Å². The number of anilines is 6. The summed E-state index contributed by atoms with van der Waals surface area (Å²) >= 11 is 3.58. The number of fused-ring (bicyclic) bond motifs is 8. The second-order valence-corrected chi connectivity index (χ2v) is 32.0. The standard InChI is InChI=1S/C58H40N2.C34H24BrN.C24H18BNO2/c1-3-12-41(13-4-1)43-22-31-49(32-23-43)59(51-37-28-47(29-38-51)54-20-11-17-46-16-7-8-18-53(46)54)50-33-26-45(27-34-50)48-30-39-58-56(40-48)55-19-9-10-21-57(55)60(58)52-35-24-44(25-36-52)42-14-5-2-6-15-42;35-29-17-23-32(24-18-29)36(30-19-13-26(14-20-30)25-7-2-1-3-8-25)31-21-15-28(16-22-31)34-12-6-10-27-9-4-5-11-33(27)34;27-25(28)19-12-15-24-22(16-19)21-8-4-5-9-23(21)26(24)20-13-10-18(11-14-20)17-6-2-1-3-7-17/h1-40H;1-24H;1-16,27-28H. The molecule has 22 rings (SSSR count). The van der Waals surface area contributed by atoms with Crippen molar-refractivity contribution in [3.63, 3.8) is 0 Å². The van der Waals surface area contributed by atoms with Gasteiger partial charge in [0.05, 0.1) is 22.1 Å². The first kappa shape index (κ1) is 77.2. The number of hydrogen-bond acceptors (Lipinski definition) is 4. The zero-order valence-electron chi connectivity index (χ0n) is 67.8. The van der Waals surface area contributed by atoms with Crippen LogP contribution in [0.2, 0.25) is 0 Å². The third-order valence-electron chi connectivity index (χ3n) is 23.6. The average molecular weight is 1650 g/mol. The van der Waals surface area contributed by atoms with Crippen LogP contribution in [0.3, 0.4) is 0 Å². The minimum absolute atomic E-state index is 0.495. The molecular weight excluding hydrogens is 1570 g/mol. The van der Waals surface area contributed by atoms with Crippen LogP contribution in [-0.2, 0) is 0 Å². The van der Waals surface area contributed by atoms with Crippen LogP contribution in [0, 0.1) is 0 Å². The maximum Gasteiger partial charge on any atom is 0.488 e. The van der Waals surface area contributed by atoms with E-state index >= 15 is 0 Å². The summed E-state index contributed by atoms with van der Waals surface area (Å²) in [6.07, 6.45) is 0. The molecule has 0 saturated heterocycles. The monoisotopic (exact) mass is 1650 g/mol. The van der Waals surface area contributed by atoms with Gasteiger partial charge in [0.25, 0.3) is 0 Å². The van der Waals surface area contributed by atoms with Gasteiger partial charge >= 0.3 is 7.12 Å². The topological polar surface area (TPSA) is 56.8 Å². The first-order chi connectivity index (χ1) is 61.2. The van der Waals surface area contributed by atoms with Crippen molar-refractivity contribution in [2.24, 2.45) is 0 Å². The molecule has 2 aromatic heterocycles. The molecule has 0 aliphatic carbocycles. The third-order valence-corrected chi connectivity index (χ3v) is 24.1. The summed E-state index contributed by atoms with van der Waals surface area (Å²) in [6.45, 7) is 0. The highest BCUT2D eigenvalue weighted by Crippen LogP contribution is 2.44. The molecule has 0 radical (unpaired) electrons. The molecule has 22 aromatic rings. The van der Waals surface area contributed by atoms with Gasteiger partial charge in [-0.15, -0.1) is 0 Å². The Labute approximate surface area is 730 Å². The number of hydrogen-bond donors (Lipinski definition) is 2. The highest BCUT2D eigenvalue weighted by Gasteiger charge is 2.21. The molecule has 588 valence electrons. The Hall–Kier alpha value is -15.4. The summed E-state index contributed by atoms with van der Waals surface area (Å²) < 4.78 is 5.67. The lowest BCUT2D eigenvalue weighted by Gasteiger charge is -2.26. The summed E-state index contributed by atoms with van der Waals surface area (Å²) in [4.78, 5) is 4.65. The van der Waals surface area contributed by atoms with Crippen molar-refractivity contribution in [3.8, 4) is 89.3 Å². The van der Waals surface area contributed by atoms with Crippen LogP contribution in [0.15, 0.2) is 490 Å². The van der Waals surface area contributed by atoms with Gasteiger partial charge in [-0.3, -0.25) is 0 Å². The molecule has 0 atom stereocenters. The minimum Gasteiger partial charge on any atom is -0.423 e. The van der Waals surface area contributed by atoms with Crippen molar-refractivity contribution in [3.05, 3.63) is 490 Å². The minimum atomic E-state index is -1.48. The summed E-state index contributed by atoms with van der Waals surface area (Å²) in [5.41, 5.74) is 30.8. The molecule has 124 heavy (non-hydrogen) atoms. The number of aromatic nitrogens is 2. The highest BCUT2D eigenvalue weighted by atomic mass is 79.9. The number of rotatable bonds is 16. The van der Waals surface area contributed by atoms with E-state index in [1.807, 2.05) is 42.5 Å². The molecule has 0 aliphatic rings. The van der Waals surface area contributed by atoms with Gasteiger partial charge in [-0.05, 0) is 244 Å². The maximum absolute atomic E-state index is 9.57. The Morgan fingerprint density at radius 2 is 0.452 bits per heavy atom. The Morgan fingerprint density at radius 3 is 0.815 bits per heavy atom. The van der Waals surface area contributed by atoms with E-state index < -0.39 is 7.12 Å². The van der Waals surface area contributed by atoms with Gasteiger partial charge in [0.2, 0.25) is 0 Å². The van der Waals surface area contributed by atoms with Crippen LogP contribution in [0.25, 0.3) is 154 Å². The predicted molar refractivity (Wildman–Crippen MR) is 528 cm³/mol. The molecule has 0 bridgehead atoms. The number of benzene rings is 20. The van der Waals surface area contributed by atoms with Gasteiger partial charge in [0.15, 0.2) is 0 Å². The van der Waals surface area contributed by atoms with Crippen LogP contribution < -0.4 is 15.3 Å². The zero-order chi connectivity index (χ0) is 83.2. The van der Waals surface area contributed by atoms with Crippen LogP contribution in [0.1, 0.15) is 0 Å². The van der Waals surface area contributed by atoms with E-state index in [2.05, 4.69) is 472 Å². The highest BCUT2D eigenvalue weighted by molar-refractivity contribution is 9.10. The van der Waals surface area contributed by atoms with E-state index in [0.717, 1.165) is 71.8 Å². The van der Waals surface area contributed by atoms with Gasteiger partial charge in [0.1, 0.15) is 0 Å². The van der Waals surface area contributed by atoms with Crippen molar-refractivity contribution >= 4 is 128 Å². The van der Waals surface area contributed by atoms with Gasteiger partial charge in [0, 0.05) is 71.5 Å². The summed E-state index contributed by atoms with van der Waals surface area (Å²) in [5.74, 6) is 0. The van der Waals surface area contributed by atoms with Crippen LogP contribution >= 0.6 is 15.9 Å². The number of halogens is 1. The Morgan fingerprint density at radius 1 is 0.194 bits per heavy atom. The average Bonchev–Trinajstić information content (AvgIpc) is 1.59. The normalized spacial score (nSPS) is 11.2. The quantitative estimate of drug-likeness (QED) is 0.0947. The second kappa shape index (κ2) is 34.7. The van der Waals surface area contributed by atoms with Crippen molar-refractivity contribution in [1.82, 2.24) is 9.13 Å². The molecule has 2 N–H and O–H groups in total. The number of nitrogens with zero attached hydrogens (tertiary/aromatic N) is 4. The fourth-order valence-electron chi connectivity index (χ4n) is 17.4. The van der Waals surface area contributed by atoms with Crippen LogP contribution in [0.4, 0.5) is 34.1 Å². The van der Waals surface area contributed by atoms with Gasteiger partial charge < -0.3 is 29.0 Å². The smallest absolute Gasteiger partial charge is 0.423 e. The largest absolute Gasteiger partial charge is 0.488 e. The second-order valence-electron chi connectivity index (χ2n) is 31.1. The van der Waals surface area contributed by atoms with Crippen molar-refractivity contribution in [2.75, 3.05) is 9.80 Å². The molecule has 0 amide bonds. The third kappa shape index (κ3) is 15.8. The first-order valence-electron chi connectivity index (χ1n) is 41.9. The molecule has 8 heteroatoms. The molecule has 0 aliphatic heterocycles. The molecule has 0 unspecified atom stereocenters.